The van der Waals surface area contributed by atoms with E-state index in [1.807, 2.05) is 26.8 Å². The van der Waals surface area contributed by atoms with Gasteiger partial charge in [-0.25, -0.2) is 4.79 Å². The zero-order valence-corrected chi connectivity index (χ0v) is 15.1. The summed E-state index contributed by atoms with van der Waals surface area (Å²) in [6, 6.07) is 10.4. The van der Waals surface area contributed by atoms with Crippen molar-refractivity contribution in [3.05, 3.63) is 52.8 Å². The minimum absolute atomic E-state index is 0.0420. The average Bonchev–Trinajstić information content (AvgIpc) is 3.07. The van der Waals surface area contributed by atoms with Gasteiger partial charge in [0.2, 0.25) is 0 Å². The second-order valence-corrected chi connectivity index (χ2v) is 6.02. The molecule has 1 heterocycles. The van der Waals surface area contributed by atoms with Crippen molar-refractivity contribution in [3.63, 3.8) is 0 Å². The first-order valence-electron chi connectivity index (χ1n) is 8.07. The van der Waals surface area contributed by atoms with E-state index >= 15 is 0 Å². The standard InChI is InChI=1S/C20H20N2O4/c1-12(2)22-19(23)15(11-21)9-16-7-8-18(26-16)17-10-14(20(24)25-4)6-5-13(17)3/h5-10,12H,1-4H3,(H,22,23)/b15-9-. The maximum atomic E-state index is 12.0. The van der Waals surface area contributed by atoms with E-state index in [2.05, 4.69) is 5.32 Å². The smallest absolute Gasteiger partial charge is 0.337 e. The first-order chi connectivity index (χ1) is 12.3. The van der Waals surface area contributed by atoms with Crippen LogP contribution in [0, 0.1) is 18.3 Å². The molecule has 1 aromatic heterocycles. The normalized spacial score (nSPS) is 11.2. The van der Waals surface area contributed by atoms with Gasteiger partial charge in [-0.3, -0.25) is 4.79 Å². The summed E-state index contributed by atoms with van der Waals surface area (Å²) < 4.78 is 10.5. The number of methoxy groups -OCH3 is 1. The largest absolute Gasteiger partial charge is 0.465 e. The second kappa shape index (κ2) is 8.17. The number of nitriles is 1. The van der Waals surface area contributed by atoms with Crippen LogP contribution in [0.5, 0.6) is 0 Å². The zero-order valence-electron chi connectivity index (χ0n) is 15.1. The van der Waals surface area contributed by atoms with E-state index < -0.39 is 11.9 Å². The summed E-state index contributed by atoms with van der Waals surface area (Å²) in [7, 11) is 1.32. The molecule has 1 amide bonds. The molecule has 0 unspecified atom stereocenters. The van der Waals surface area contributed by atoms with E-state index in [1.54, 1.807) is 30.3 Å². The SMILES string of the molecule is COC(=O)c1ccc(C)c(-c2ccc(/C=C(/C#N)C(=O)NC(C)C)o2)c1. The average molecular weight is 352 g/mol. The van der Waals surface area contributed by atoms with Crippen molar-refractivity contribution in [2.24, 2.45) is 0 Å². The third-order valence-corrected chi connectivity index (χ3v) is 3.62. The molecular formula is C20H20N2O4. The number of hydrogen-bond donors (Lipinski definition) is 1. The number of nitrogens with zero attached hydrogens (tertiary/aromatic N) is 1. The van der Waals surface area contributed by atoms with Crippen molar-refractivity contribution in [3.8, 4) is 17.4 Å². The number of esters is 1. The number of carbonyl (C=O) groups excluding carboxylic acids is 2. The third-order valence-electron chi connectivity index (χ3n) is 3.62. The first kappa shape index (κ1) is 19.0. The number of ether oxygens (including phenoxy) is 1. The van der Waals surface area contributed by atoms with E-state index in [4.69, 9.17) is 9.15 Å². The fourth-order valence-electron chi connectivity index (χ4n) is 2.34. The predicted molar refractivity (Wildman–Crippen MR) is 97.1 cm³/mol. The molecule has 1 N–H and O–H groups in total. The monoisotopic (exact) mass is 352 g/mol. The molecule has 6 heteroatoms. The summed E-state index contributed by atoms with van der Waals surface area (Å²) in [5.74, 6) is 0.0127. The Morgan fingerprint density at radius 1 is 1.27 bits per heavy atom. The van der Waals surface area contributed by atoms with Crippen LogP contribution in [0.2, 0.25) is 0 Å². The van der Waals surface area contributed by atoms with Gasteiger partial charge >= 0.3 is 5.97 Å². The van der Waals surface area contributed by atoms with E-state index in [0.29, 0.717) is 17.1 Å². The molecule has 26 heavy (non-hydrogen) atoms. The van der Waals surface area contributed by atoms with Gasteiger partial charge in [0, 0.05) is 17.7 Å². The molecule has 2 rings (SSSR count). The highest BCUT2D eigenvalue weighted by molar-refractivity contribution is 6.01. The number of nitrogens with one attached hydrogen (secondary N) is 1. The van der Waals surface area contributed by atoms with E-state index in [0.717, 1.165) is 11.1 Å². The Kier molecular flexibility index (Phi) is 5.97. The second-order valence-electron chi connectivity index (χ2n) is 6.02. The van der Waals surface area contributed by atoms with Gasteiger partial charge in [0.15, 0.2) is 0 Å². The van der Waals surface area contributed by atoms with Gasteiger partial charge in [0.25, 0.3) is 5.91 Å². The van der Waals surface area contributed by atoms with Gasteiger partial charge in [-0.2, -0.15) is 5.26 Å². The highest BCUT2D eigenvalue weighted by Crippen LogP contribution is 2.27. The molecule has 0 saturated heterocycles. The summed E-state index contributed by atoms with van der Waals surface area (Å²) >= 11 is 0. The highest BCUT2D eigenvalue weighted by Gasteiger charge is 2.14. The lowest BCUT2D eigenvalue weighted by Gasteiger charge is -2.06. The van der Waals surface area contributed by atoms with Crippen LogP contribution in [0.1, 0.15) is 35.5 Å². The molecule has 0 spiro atoms. The molecule has 0 aliphatic heterocycles. The summed E-state index contributed by atoms with van der Waals surface area (Å²) in [6.45, 7) is 5.52. The lowest BCUT2D eigenvalue weighted by Crippen LogP contribution is -2.30. The Hall–Kier alpha value is -3.33. The molecule has 0 aliphatic carbocycles. The van der Waals surface area contributed by atoms with Crippen LogP contribution in [-0.2, 0) is 9.53 Å². The van der Waals surface area contributed by atoms with Crippen molar-refractivity contribution >= 4 is 18.0 Å². The number of rotatable bonds is 5. The van der Waals surface area contributed by atoms with Crippen molar-refractivity contribution in [1.29, 1.82) is 5.26 Å². The van der Waals surface area contributed by atoms with Crippen molar-refractivity contribution in [2.75, 3.05) is 7.11 Å². The molecule has 0 bridgehead atoms. The molecule has 2 aromatic rings. The Morgan fingerprint density at radius 2 is 2.00 bits per heavy atom. The summed E-state index contributed by atoms with van der Waals surface area (Å²) in [6.07, 6.45) is 1.39. The topological polar surface area (TPSA) is 92.3 Å². The summed E-state index contributed by atoms with van der Waals surface area (Å²) in [5.41, 5.74) is 2.02. The third kappa shape index (κ3) is 4.39. The molecule has 0 atom stereocenters. The predicted octanol–water partition coefficient (Wildman–Crippen LogP) is 3.47. The molecule has 0 aliphatic rings. The van der Waals surface area contributed by atoms with Crippen molar-refractivity contribution < 1.29 is 18.7 Å². The lowest BCUT2D eigenvalue weighted by molar-refractivity contribution is -0.117. The van der Waals surface area contributed by atoms with Gasteiger partial charge in [0.05, 0.1) is 12.7 Å². The molecule has 6 nitrogen and oxygen atoms in total. The van der Waals surface area contributed by atoms with Crippen LogP contribution in [-0.4, -0.2) is 25.0 Å². The maximum absolute atomic E-state index is 12.0. The van der Waals surface area contributed by atoms with Crippen LogP contribution in [0.4, 0.5) is 0 Å². The molecule has 0 saturated carbocycles. The van der Waals surface area contributed by atoms with Crippen LogP contribution in [0.3, 0.4) is 0 Å². The van der Waals surface area contributed by atoms with Gasteiger partial charge < -0.3 is 14.5 Å². The van der Waals surface area contributed by atoms with Gasteiger partial charge in [-0.1, -0.05) is 6.07 Å². The van der Waals surface area contributed by atoms with Gasteiger partial charge in [-0.05, 0) is 50.6 Å². The van der Waals surface area contributed by atoms with Crippen LogP contribution >= 0.6 is 0 Å². The fraction of sp³-hybridized carbons (Fsp3) is 0.250. The van der Waals surface area contributed by atoms with Gasteiger partial charge in [0.1, 0.15) is 23.2 Å². The minimum Gasteiger partial charge on any atom is -0.465 e. The molecule has 134 valence electrons. The Bertz CT molecular complexity index is 901. The van der Waals surface area contributed by atoms with Crippen molar-refractivity contribution in [1.82, 2.24) is 5.32 Å². The lowest BCUT2D eigenvalue weighted by atomic mass is 10.0. The number of benzene rings is 1. The van der Waals surface area contributed by atoms with E-state index in [9.17, 15) is 14.9 Å². The van der Waals surface area contributed by atoms with Gasteiger partial charge in [-0.15, -0.1) is 0 Å². The summed E-state index contributed by atoms with van der Waals surface area (Å²) in [5, 5.41) is 11.9. The van der Waals surface area contributed by atoms with Crippen molar-refractivity contribution in [2.45, 2.75) is 26.8 Å². The molecule has 0 fully saturated rings. The zero-order chi connectivity index (χ0) is 19.3. The fourth-order valence-corrected chi connectivity index (χ4v) is 2.34. The van der Waals surface area contributed by atoms with E-state index in [-0.39, 0.29) is 11.6 Å². The first-order valence-corrected chi connectivity index (χ1v) is 8.07. The Balaban J connectivity index is 2.35. The highest BCUT2D eigenvalue weighted by atomic mass is 16.5. The molecular weight excluding hydrogens is 332 g/mol. The van der Waals surface area contributed by atoms with E-state index in [1.165, 1.54) is 13.2 Å². The number of furan rings is 1. The number of carbonyl (C=O) groups is 2. The quantitative estimate of drug-likeness (QED) is 0.505. The summed E-state index contributed by atoms with van der Waals surface area (Å²) in [4.78, 5) is 23.7. The minimum atomic E-state index is -0.454. The van der Waals surface area contributed by atoms with Crippen LogP contribution in [0.25, 0.3) is 17.4 Å². The van der Waals surface area contributed by atoms with Crippen LogP contribution in [0.15, 0.2) is 40.3 Å². The number of hydrogen-bond acceptors (Lipinski definition) is 5. The molecule has 0 radical (unpaired) electrons. The Labute approximate surface area is 152 Å². The van der Waals surface area contributed by atoms with Crippen LogP contribution < -0.4 is 5.32 Å². The number of aryl methyl sites for hydroxylation is 1. The number of amides is 1. The molecule has 1 aromatic carbocycles. The maximum Gasteiger partial charge on any atom is 0.337 e. The Morgan fingerprint density at radius 3 is 2.62 bits per heavy atom.